The average molecular weight is 334 g/mol. The average Bonchev–Trinajstić information content (AvgIpc) is 2.41. The molecule has 0 aliphatic carbocycles. The first-order chi connectivity index (χ1) is 9.49. The molecule has 0 spiro atoms. The van der Waals surface area contributed by atoms with Gasteiger partial charge in [-0.25, -0.2) is 4.79 Å². The zero-order valence-electron chi connectivity index (χ0n) is 10.7. The fourth-order valence-electron chi connectivity index (χ4n) is 1.82. The number of hydrogen-bond acceptors (Lipinski definition) is 2. The highest BCUT2D eigenvalue weighted by Gasteiger charge is 2.14. The minimum Gasteiger partial charge on any atom is -0.478 e. The molecule has 0 atom stereocenters. The van der Waals surface area contributed by atoms with Crippen molar-refractivity contribution in [3.8, 4) is 0 Å². The van der Waals surface area contributed by atoms with E-state index in [1.807, 2.05) is 19.1 Å². The molecular formula is C15H12BrNO3. The summed E-state index contributed by atoms with van der Waals surface area (Å²) in [5, 5.41) is 11.8. The van der Waals surface area contributed by atoms with Crippen LogP contribution in [0.2, 0.25) is 0 Å². The minimum atomic E-state index is -1.09. The second-order valence-electron chi connectivity index (χ2n) is 4.26. The van der Waals surface area contributed by atoms with Gasteiger partial charge in [0.15, 0.2) is 0 Å². The molecule has 2 aromatic carbocycles. The lowest BCUT2D eigenvalue weighted by Gasteiger charge is -2.10. The Morgan fingerprint density at radius 1 is 1.10 bits per heavy atom. The molecule has 0 radical (unpaired) electrons. The predicted molar refractivity (Wildman–Crippen MR) is 80.2 cm³/mol. The Morgan fingerprint density at radius 3 is 2.45 bits per heavy atom. The van der Waals surface area contributed by atoms with Gasteiger partial charge in [0.1, 0.15) is 0 Å². The predicted octanol–water partition coefficient (Wildman–Crippen LogP) is 3.71. The Kier molecular flexibility index (Phi) is 4.20. The topological polar surface area (TPSA) is 66.4 Å². The van der Waals surface area contributed by atoms with E-state index in [0.29, 0.717) is 10.0 Å². The number of aromatic carboxylic acids is 1. The van der Waals surface area contributed by atoms with Crippen LogP contribution < -0.4 is 5.32 Å². The summed E-state index contributed by atoms with van der Waals surface area (Å²) in [6.07, 6.45) is 0. The fraction of sp³-hybridized carbons (Fsp3) is 0.0667. The molecule has 20 heavy (non-hydrogen) atoms. The maximum absolute atomic E-state index is 12.2. The molecule has 0 saturated heterocycles. The molecule has 1 amide bonds. The molecule has 5 heteroatoms. The van der Waals surface area contributed by atoms with Crippen molar-refractivity contribution in [1.82, 2.24) is 0 Å². The van der Waals surface area contributed by atoms with Crippen molar-refractivity contribution in [3.63, 3.8) is 0 Å². The van der Waals surface area contributed by atoms with Crippen LogP contribution in [0.4, 0.5) is 5.69 Å². The van der Waals surface area contributed by atoms with Crippen LogP contribution in [0.5, 0.6) is 0 Å². The van der Waals surface area contributed by atoms with Crippen molar-refractivity contribution in [2.75, 3.05) is 5.32 Å². The number of carboxylic acid groups (broad SMARTS) is 1. The van der Waals surface area contributed by atoms with Crippen LogP contribution in [0.3, 0.4) is 0 Å². The molecule has 0 bridgehead atoms. The molecule has 102 valence electrons. The number of nitrogens with one attached hydrogen (secondary N) is 1. The van der Waals surface area contributed by atoms with Gasteiger partial charge in [-0.15, -0.1) is 0 Å². The largest absolute Gasteiger partial charge is 0.478 e. The standard InChI is InChI=1S/C15H12BrNO3/c1-9-4-2-3-5-11(9)14(18)17-13-7-6-10(16)8-12(13)15(19)20/h2-8H,1H3,(H,17,18)(H,19,20). The maximum Gasteiger partial charge on any atom is 0.337 e. The molecule has 0 aromatic heterocycles. The summed E-state index contributed by atoms with van der Waals surface area (Å²) < 4.78 is 0.642. The van der Waals surface area contributed by atoms with Crippen molar-refractivity contribution >= 4 is 33.5 Å². The van der Waals surface area contributed by atoms with Gasteiger partial charge < -0.3 is 10.4 Å². The molecule has 0 saturated carbocycles. The first-order valence-corrected chi connectivity index (χ1v) is 6.68. The van der Waals surface area contributed by atoms with E-state index in [4.69, 9.17) is 5.11 Å². The monoisotopic (exact) mass is 333 g/mol. The zero-order chi connectivity index (χ0) is 14.7. The third kappa shape index (κ3) is 3.05. The lowest BCUT2D eigenvalue weighted by Crippen LogP contribution is -2.15. The lowest BCUT2D eigenvalue weighted by molar-refractivity contribution is 0.0698. The second-order valence-corrected chi connectivity index (χ2v) is 5.18. The Labute approximate surface area is 124 Å². The number of carboxylic acids is 1. The molecule has 2 aromatic rings. The summed E-state index contributed by atoms with van der Waals surface area (Å²) in [5.41, 5.74) is 1.67. The van der Waals surface area contributed by atoms with E-state index in [-0.39, 0.29) is 17.2 Å². The Morgan fingerprint density at radius 2 is 1.80 bits per heavy atom. The van der Waals surface area contributed by atoms with Crippen LogP contribution in [0.25, 0.3) is 0 Å². The second kappa shape index (κ2) is 5.88. The van der Waals surface area contributed by atoms with Crippen LogP contribution in [0.15, 0.2) is 46.9 Å². The van der Waals surface area contributed by atoms with Gasteiger partial charge in [0.2, 0.25) is 0 Å². The van der Waals surface area contributed by atoms with E-state index < -0.39 is 5.97 Å². The number of hydrogen-bond donors (Lipinski definition) is 2. The van der Waals surface area contributed by atoms with Gasteiger partial charge in [0, 0.05) is 10.0 Å². The van der Waals surface area contributed by atoms with Crippen LogP contribution in [-0.4, -0.2) is 17.0 Å². The van der Waals surface area contributed by atoms with E-state index in [1.54, 1.807) is 24.3 Å². The van der Waals surface area contributed by atoms with Crippen molar-refractivity contribution in [2.45, 2.75) is 6.92 Å². The van der Waals surface area contributed by atoms with Crippen molar-refractivity contribution in [2.24, 2.45) is 0 Å². The number of carbonyl (C=O) groups excluding carboxylic acids is 1. The smallest absolute Gasteiger partial charge is 0.337 e. The third-order valence-electron chi connectivity index (χ3n) is 2.85. The zero-order valence-corrected chi connectivity index (χ0v) is 12.3. The highest BCUT2D eigenvalue weighted by Crippen LogP contribution is 2.22. The van der Waals surface area contributed by atoms with Gasteiger partial charge in [-0.1, -0.05) is 34.1 Å². The molecule has 4 nitrogen and oxygen atoms in total. The lowest BCUT2D eigenvalue weighted by atomic mass is 10.1. The first-order valence-electron chi connectivity index (χ1n) is 5.89. The molecule has 0 unspecified atom stereocenters. The van der Waals surface area contributed by atoms with E-state index in [9.17, 15) is 9.59 Å². The summed E-state index contributed by atoms with van der Waals surface area (Å²) in [4.78, 5) is 23.4. The van der Waals surface area contributed by atoms with Crippen molar-refractivity contribution in [3.05, 3.63) is 63.6 Å². The Bertz CT molecular complexity index is 683. The number of rotatable bonds is 3. The van der Waals surface area contributed by atoms with Crippen molar-refractivity contribution < 1.29 is 14.7 Å². The summed E-state index contributed by atoms with van der Waals surface area (Å²) >= 11 is 3.21. The van der Waals surface area contributed by atoms with E-state index in [1.165, 1.54) is 6.07 Å². The number of aryl methyl sites for hydroxylation is 1. The van der Waals surface area contributed by atoms with Gasteiger partial charge in [-0.3, -0.25) is 4.79 Å². The van der Waals surface area contributed by atoms with Crippen LogP contribution in [0, 0.1) is 6.92 Å². The van der Waals surface area contributed by atoms with E-state index in [2.05, 4.69) is 21.2 Å². The molecule has 0 aliphatic heterocycles. The Balaban J connectivity index is 2.33. The summed E-state index contributed by atoms with van der Waals surface area (Å²) in [6, 6.07) is 11.8. The van der Waals surface area contributed by atoms with Gasteiger partial charge in [0.05, 0.1) is 11.3 Å². The van der Waals surface area contributed by atoms with Crippen molar-refractivity contribution in [1.29, 1.82) is 0 Å². The fourth-order valence-corrected chi connectivity index (χ4v) is 2.18. The highest BCUT2D eigenvalue weighted by molar-refractivity contribution is 9.10. The van der Waals surface area contributed by atoms with E-state index >= 15 is 0 Å². The molecule has 2 N–H and O–H groups in total. The molecule has 2 rings (SSSR count). The first kappa shape index (κ1) is 14.3. The minimum absolute atomic E-state index is 0.0429. The summed E-state index contributed by atoms with van der Waals surface area (Å²) in [5.74, 6) is -1.42. The number of carbonyl (C=O) groups is 2. The normalized spacial score (nSPS) is 10.1. The van der Waals surface area contributed by atoms with E-state index in [0.717, 1.165) is 5.56 Å². The molecule has 0 aliphatic rings. The molecule has 0 fully saturated rings. The van der Waals surface area contributed by atoms with Gasteiger partial charge in [-0.05, 0) is 36.8 Å². The number of benzene rings is 2. The molecule has 0 heterocycles. The van der Waals surface area contributed by atoms with Crippen LogP contribution in [0.1, 0.15) is 26.3 Å². The number of anilines is 1. The van der Waals surface area contributed by atoms with Gasteiger partial charge >= 0.3 is 5.97 Å². The van der Waals surface area contributed by atoms with Gasteiger partial charge in [0.25, 0.3) is 5.91 Å². The Hall–Kier alpha value is -2.14. The highest BCUT2D eigenvalue weighted by atomic mass is 79.9. The third-order valence-corrected chi connectivity index (χ3v) is 3.34. The molecular weight excluding hydrogens is 322 g/mol. The summed E-state index contributed by atoms with van der Waals surface area (Å²) in [7, 11) is 0. The maximum atomic E-state index is 12.2. The number of amides is 1. The SMILES string of the molecule is Cc1ccccc1C(=O)Nc1ccc(Br)cc1C(=O)O. The summed E-state index contributed by atoms with van der Waals surface area (Å²) in [6.45, 7) is 1.83. The van der Waals surface area contributed by atoms with Crippen LogP contribution >= 0.6 is 15.9 Å². The van der Waals surface area contributed by atoms with Crippen LogP contribution in [-0.2, 0) is 0 Å². The quantitative estimate of drug-likeness (QED) is 0.899. The number of halogens is 1. The van der Waals surface area contributed by atoms with Gasteiger partial charge in [-0.2, -0.15) is 0 Å².